The van der Waals surface area contributed by atoms with Crippen molar-refractivity contribution >= 4 is 25.6 Å². The number of rotatable bonds is 6. The van der Waals surface area contributed by atoms with E-state index in [0.717, 1.165) is 29.2 Å². The number of benzene rings is 2. The predicted molar refractivity (Wildman–Crippen MR) is 138 cm³/mol. The summed E-state index contributed by atoms with van der Waals surface area (Å²) < 4.78 is 158. The van der Waals surface area contributed by atoms with E-state index in [9.17, 15) is 56.8 Å². The average Bonchev–Trinajstić information content (AvgIpc) is 3.39. The quantitative estimate of drug-likeness (QED) is 0.236. The topological polar surface area (TPSA) is 88.6 Å². The molecular weight excluding hydrogens is 634 g/mol. The molecule has 1 unspecified atom stereocenters. The molecule has 0 spiro atoms. The molecule has 2 aromatic rings. The van der Waals surface area contributed by atoms with Crippen molar-refractivity contribution in [2.24, 2.45) is 5.41 Å². The summed E-state index contributed by atoms with van der Waals surface area (Å²) in [5, 5.41) is 0. The van der Waals surface area contributed by atoms with Crippen molar-refractivity contribution in [3.63, 3.8) is 0 Å². The van der Waals surface area contributed by atoms with Gasteiger partial charge in [-0.15, -0.1) is 6.58 Å². The van der Waals surface area contributed by atoms with E-state index in [0.29, 0.717) is 12.1 Å². The van der Waals surface area contributed by atoms with Gasteiger partial charge in [0.25, 0.3) is 0 Å². The van der Waals surface area contributed by atoms with Gasteiger partial charge in [-0.3, -0.25) is 4.79 Å². The van der Waals surface area contributed by atoms with Crippen molar-refractivity contribution in [3.05, 3.63) is 78.1 Å². The van der Waals surface area contributed by atoms with Crippen LogP contribution in [0.4, 0.5) is 35.1 Å². The lowest BCUT2D eigenvalue weighted by molar-refractivity contribution is -0.348. The second-order valence-corrected chi connectivity index (χ2v) is 15.2. The van der Waals surface area contributed by atoms with Crippen LogP contribution in [0.3, 0.4) is 0 Å². The summed E-state index contributed by atoms with van der Waals surface area (Å²) in [4.78, 5) is 14.4. The van der Waals surface area contributed by atoms with E-state index >= 15 is 0 Å². The minimum atomic E-state index is -6.40. The third kappa shape index (κ3) is 5.34. The molecule has 2 saturated heterocycles. The standard InChI is InChI=1S/C27H25F8NO5S2/c1-2-23(12-15-42(38,39)16-13-23)22(37)36-14-11-24(17-36,43(40,41)21-9-7-20(28)8-10-21)18-3-5-19(6-4-18)25(29,26(30,31)32)27(33,34)35/h2-10H,1,11-17H2. The van der Waals surface area contributed by atoms with Gasteiger partial charge in [0.05, 0.1) is 21.8 Å². The van der Waals surface area contributed by atoms with Crippen LogP contribution >= 0.6 is 0 Å². The number of carbonyl (C=O) groups is 1. The van der Waals surface area contributed by atoms with Crippen molar-refractivity contribution in [2.45, 2.75) is 46.9 Å². The highest BCUT2D eigenvalue weighted by Gasteiger charge is 2.73. The van der Waals surface area contributed by atoms with Gasteiger partial charge in [0, 0.05) is 18.7 Å². The second kappa shape index (κ2) is 10.6. The third-order valence-electron chi connectivity index (χ3n) is 8.28. The molecule has 236 valence electrons. The van der Waals surface area contributed by atoms with E-state index in [-0.39, 0.29) is 55.0 Å². The zero-order valence-corrected chi connectivity index (χ0v) is 23.8. The predicted octanol–water partition coefficient (Wildman–Crippen LogP) is 5.40. The van der Waals surface area contributed by atoms with Gasteiger partial charge in [0.2, 0.25) is 5.91 Å². The van der Waals surface area contributed by atoms with Crippen LogP contribution in [-0.2, 0) is 34.9 Å². The molecule has 6 nitrogen and oxygen atoms in total. The number of carbonyl (C=O) groups excluding carboxylic acids is 1. The lowest BCUT2D eigenvalue weighted by atomic mass is 9.80. The lowest BCUT2D eigenvalue weighted by Crippen LogP contribution is -2.50. The largest absolute Gasteiger partial charge is 0.435 e. The highest BCUT2D eigenvalue weighted by molar-refractivity contribution is 7.92. The number of hydrogen-bond donors (Lipinski definition) is 0. The fourth-order valence-corrected chi connectivity index (χ4v) is 9.25. The Labute approximate surface area is 242 Å². The first-order valence-corrected chi connectivity index (χ1v) is 16.0. The molecule has 0 aromatic heterocycles. The maximum Gasteiger partial charge on any atom is 0.435 e. The number of likely N-dealkylation sites (tertiary alicyclic amines) is 1. The number of nitrogens with zero attached hydrogens (tertiary/aromatic N) is 1. The summed E-state index contributed by atoms with van der Waals surface area (Å²) >= 11 is 0. The molecule has 1 amide bonds. The molecule has 43 heavy (non-hydrogen) atoms. The maximum absolute atomic E-state index is 14.7. The van der Waals surface area contributed by atoms with E-state index in [1.165, 1.54) is 6.08 Å². The zero-order valence-electron chi connectivity index (χ0n) is 22.2. The van der Waals surface area contributed by atoms with Crippen LogP contribution < -0.4 is 0 Å². The van der Waals surface area contributed by atoms with Crippen LogP contribution in [0.25, 0.3) is 0 Å². The summed E-state index contributed by atoms with van der Waals surface area (Å²) in [5.41, 5.74) is -9.28. The molecule has 0 saturated carbocycles. The van der Waals surface area contributed by atoms with Gasteiger partial charge in [-0.05, 0) is 49.1 Å². The van der Waals surface area contributed by atoms with Crippen LogP contribution in [0.2, 0.25) is 0 Å². The molecule has 0 aliphatic carbocycles. The SMILES string of the molecule is C=CC1(C(=O)N2CCC(c3ccc(C(F)(C(F)(F)F)C(F)(F)F)cc3)(S(=O)(=O)c3ccc(F)cc3)C2)CCS(=O)(=O)CC1. The summed E-state index contributed by atoms with van der Waals surface area (Å²) in [5.74, 6) is -2.10. The van der Waals surface area contributed by atoms with Gasteiger partial charge in [-0.2, -0.15) is 26.3 Å². The summed E-state index contributed by atoms with van der Waals surface area (Å²) in [7, 11) is -8.06. The first-order chi connectivity index (χ1) is 19.7. The number of amides is 1. The van der Waals surface area contributed by atoms with Crippen molar-refractivity contribution in [1.82, 2.24) is 4.90 Å². The number of halogens is 8. The Kier molecular flexibility index (Phi) is 8.08. The van der Waals surface area contributed by atoms with Crippen LogP contribution in [-0.4, -0.2) is 64.6 Å². The van der Waals surface area contributed by atoms with Crippen molar-refractivity contribution < 1.29 is 56.8 Å². The second-order valence-electron chi connectivity index (χ2n) is 10.7. The zero-order chi connectivity index (χ0) is 32.3. The molecule has 1 atom stereocenters. The normalized spacial score (nSPS) is 22.7. The van der Waals surface area contributed by atoms with Gasteiger partial charge in [-0.1, -0.05) is 30.3 Å². The van der Waals surface area contributed by atoms with Gasteiger partial charge in [0.15, 0.2) is 9.84 Å². The average molecular weight is 660 g/mol. The molecule has 0 bridgehead atoms. The molecule has 2 fully saturated rings. The summed E-state index contributed by atoms with van der Waals surface area (Å²) in [6.45, 7) is 2.77. The Hall–Kier alpha value is -3.01. The molecule has 0 N–H and O–H groups in total. The number of sulfone groups is 2. The molecule has 16 heteroatoms. The van der Waals surface area contributed by atoms with Gasteiger partial charge in [-0.25, -0.2) is 25.6 Å². The first kappa shape index (κ1) is 32.9. The van der Waals surface area contributed by atoms with Gasteiger partial charge >= 0.3 is 18.0 Å². The van der Waals surface area contributed by atoms with Gasteiger partial charge in [0.1, 0.15) is 20.4 Å². The fraction of sp³-hybridized carbons (Fsp3) is 0.444. The molecular formula is C27H25F8NO5S2. The Morgan fingerprint density at radius 2 is 1.37 bits per heavy atom. The van der Waals surface area contributed by atoms with Gasteiger partial charge < -0.3 is 4.90 Å². The minimum Gasteiger partial charge on any atom is -0.340 e. The Morgan fingerprint density at radius 3 is 1.84 bits per heavy atom. The fourth-order valence-electron chi connectivity index (χ4n) is 5.62. The van der Waals surface area contributed by atoms with E-state index in [1.807, 2.05) is 0 Å². The number of alkyl halides is 7. The van der Waals surface area contributed by atoms with E-state index in [4.69, 9.17) is 0 Å². The molecule has 2 heterocycles. The molecule has 2 aliphatic rings. The Bertz CT molecular complexity index is 1590. The molecule has 2 aliphatic heterocycles. The van der Waals surface area contributed by atoms with E-state index < -0.39 is 76.6 Å². The van der Waals surface area contributed by atoms with Crippen LogP contribution in [0.15, 0.2) is 66.1 Å². The minimum absolute atomic E-state index is 0.131. The smallest absolute Gasteiger partial charge is 0.340 e. The molecule has 0 radical (unpaired) electrons. The highest BCUT2D eigenvalue weighted by Crippen LogP contribution is 2.54. The van der Waals surface area contributed by atoms with Crippen molar-refractivity contribution in [2.75, 3.05) is 24.6 Å². The van der Waals surface area contributed by atoms with E-state index in [2.05, 4.69) is 6.58 Å². The van der Waals surface area contributed by atoms with Crippen molar-refractivity contribution in [3.8, 4) is 0 Å². The number of hydrogen-bond acceptors (Lipinski definition) is 5. The Balaban J connectivity index is 1.82. The van der Waals surface area contributed by atoms with E-state index in [1.54, 1.807) is 0 Å². The van der Waals surface area contributed by atoms with Crippen molar-refractivity contribution in [1.29, 1.82) is 0 Å². The van der Waals surface area contributed by atoms with Crippen LogP contribution in [0.5, 0.6) is 0 Å². The third-order valence-corrected chi connectivity index (χ3v) is 12.4. The van der Waals surface area contributed by atoms with Crippen LogP contribution in [0.1, 0.15) is 30.4 Å². The first-order valence-electron chi connectivity index (χ1n) is 12.7. The lowest BCUT2D eigenvalue weighted by Gasteiger charge is -2.37. The molecule has 2 aromatic carbocycles. The highest BCUT2D eigenvalue weighted by atomic mass is 32.2. The molecule has 4 rings (SSSR count). The van der Waals surface area contributed by atoms with Crippen LogP contribution in [0, 0.1) is 11.2 Å². The summed E-state index contributed by atoms with van der Waals surface area (Å²) in [6.07, 6.45) is -12.2. The Morgan fingerprint density at radius 1 is 0.860 bits per heavy atom. The monoisotopic (exact) mass is 659 g/mol. The maximum atomic E-state index is 14.7. The summed E-state index contributed by atoms with van der Waals surface area (Å²) in [6, 6.07) is 5.16.